The topological polar surface area (TPSA) is 95.1 Å². The molecule has 2 heterocycles. The molecule has 1 amide bonds. The molecule has 32 heavy (non-hydrogen) atoms. The van der Waals surface area contributed by atoms with Gasteiger partial charge in [-0.15, -0.1) is 4.57 Å². The van der Waals surface area contributed by atoms with E-state index in [1.165, 1.54) is 6.07 Å². The first kappa shape index (κ1) is 21.2. The lowest BCUT2D eigenvalue weighted by Gasteiger charge is -2.15. The standard InChI is InChI=1S/C24H23N3O5/c1-15-6-4-9-21(10-15)31-17(3)24(29)26-18-7-5-8-20(12-18)30-14-19-13-23(28)27-22(25-19)11-16(2)32-27/h4-13,17H,14H2,1-3H3,(H,26,29). The minimum atomic E-state index is -0.677. The summed E-state index contributed by atoms with van der Waals surface area (Å²) >= 11 is 0. The maximum Gasteiger partial charge on any atom is 0.287 e. The Kier molecular flexibility index (Phi) is 5.93. The van der Waals surface area contributed by atoms with Gasteiger partial charge in [0.05, 0.1) is 5.69 Å². The van der Waals surface area contributed by atoms with E-state index in [-0.39, 0.29) is 18.1 Å². The fourth-order valence-electron chi connectivity index (χ4n) is 3.16. The highest BCUT2D eigenvalue weighted by atomic mass is 16.5. The Hall–Kier alpha value is -4.07. The van der Waals surface area contributed by atoms with Gasteiger partial charge in [-0.05, 0) is 50.6 Å². The summed E-state index contributed by atoms with van der Waals surface area (Å²) in [5, 5.41) is 2.83. The first-order chi connectivity index (χ1) is 15.4. The molecule has 1 unspecified atom stereocenters. The largest absolute Gasteiger partial charge is 0.487 e. The molecule has 0 saturated carbocycles. The summed E-state index contributed by atoms with van der Waals surface area (Å²) in [4.78, 5) is 29.0. The molecule has 1 N–H and O–H groups in total. The summed E-state index contributed by atoms with van der Waals surface area (Å²) in [6.45, 7) is 5.50. The van der Waals surface area contributed by atoms with Crippen LogP contribution in [0.25, 0.3) is 5.65 Å². The van der Waals surface area contributed by atoms with Crippen LogP contribution in [0.5, 0.6) is 11.5 Å². The quantitative estimate of drug-likeness (QED) is 0.475. The highest BCUT2D eigenvalue weighted by molar-refractivity contribution is 5.94. The maximum absolute atomic E-state index is 12.5. The minimum Gasteiger partial charge on any atom is -0.487 e. The normalized spacial score (nSPS) is 11.8. The second kappa shape index (κ2) is 8.97. The number of aryl methyl sites for hydroxylation is 2. The lowest BCUT2D eigenvalue weighted by atomic mass is 10.2. The molecule has 0 aliphatic heterocycles. The molecule has 0 spiro atoms. The van der Waals surface area contributed by atoms with Gasteiger partial charge in [0.2, 0.25) is 0 Å². The lowest BCUT2D eigenvalue weighted by molar-refractivity contribution is -0.122. The van der Waals surface area contributed by atoms with Gasteiger partial charge in [0.1, 0.15) is 23.9 Å². The van der Waals surface area contributed by atoms with E-state index in [2.05, 4.69) is 10.3 Å². The van der Waals surface area contributed by atoms with Crippen LogP contribution in [0.4, 0.5) is 5.69 Å². The summed E-state index contributed by atoms with van der Waals surface area (Å²) in [5.74, 6) is 1.48. The number of hydrogen-bond donors (Lipinski definition) is 1. The second-order valence-corrected chi connectivity index (χ2v) is 7.47. The van der Waals surface area contributed by atoms with Gasteiger partial charge in [-0.3, -0.25) is 9.59 Å². The fraction of sp³-hybridized carbons (Fsp3) is 0.208. The van der Waals surface area contributed by atoms with Crippen molar-refractivity contribution in [3.8, 4) is 11.5 Å². The Balaban J connectivity index is 1.39. The molecule has 2 aromatic carbocycles. The Bertz CT molecular complexity index is 1320. The molecular formula is C24H23N3O5. The van der Waals surface area contributed by atoms with Gasteiger partial charge in [0.25, 0.3) is 11.5 Å². The Labute approximate surface area is 184 Å². The summed E-state index contributed by atoms with van der Waals surface area (Å²) in [7, 11) is 0. The second-order valence-electron chi connectivity index (χ2n) is 7.47. The summed E-state index contributed by atoms with van der Waals surface area (Å²) in [6, 6.07) is 17.6. The van der Waals surface area contributed by atoms with E-state index >= 15 is 0 Å². The van der Waals surface area contributed by atoms with Crippen LogP contribution in [-0.4, -0.2) is 21.6 Å². The Morgan fingerprint density at radius 3 is 2.69 bits per heavy atom. The zero-order valence-corrected chi connectivity index (χ0v) is 18.0. The summed E-state index contributed by atoms with van der Waals surface area (Å²) in [5.41, 5.74) is 2.22. The van der Waals surface area contributed by atoms with Gasteiger partial charge in [0.15, 0.2) is 11.8 Å². The van der Waals surface area contributed by atoms with Crippen molar-refractivity contribution in [3.63, 3.8) is 0 Å². The number of fused-ring (bicyclic) bond motifs is 1. The molecule has 0 bridgehead atoms. The number of carbonyl (C=O) groups is 1. The molecule has 0 aliphatic rings. The Morgan fingerprint density at radius 2 is 1.88 bits per heavy atom. The smallest absolute Gasteiger partial charge is 0.287 e. The molecule has 8 nitrogen and oxygen atoms in total. The van der Waals surface area contributed by atoms with E-state index < -0.39 is 6.10 Å². The summed E-state index contributed by atoms with van der Waals surface area (Å²) < 4.78 is 17.9. The van der Waals surface area contributed by atoms with Crippen LogP contribution in [0.1, 0.15) is 23.9 Å². The van der Waals surface area contributed by atoms with Crippen molar-refractivity contribution < 1.29 is 18.8 Å². The molecule has 8 heteroatoms. The molecular weight excluding hydrogens is 410 g/mol. The van der Waals surface area contributed by atoms with Crippen molar-refractivity contribution in [2.45, 2.75) is 33.5 Å². The Morgan fingerprint density at radius 1 is 1.09 bits per heavy atom. The van der Waals surface area contributed by atoms with Crippen molar-refractivity contribution in [1.29, 1.82) is 0 Å². The maximum atomic E-state index is 12.5. The zero-order valence-electron chi connectivity index (χ0n) is 18.0. The number of rotatable bonds is 7. The van der Waals surface area contributed by atoms with Crippen molar-refractivity contribution in [2.75, 3.05) is 5.32 Å². The molecule has 1 atom stereocenters. The van der Waals surface area contributed by atoms with Crippen molar-refractivity contribution >= 4 is 17.2 Å². The van der Waals surface area contributed by atoms with Gasteiger partial charge in [0, 0.05) is 23.9 Å². The van der Waals surface area contributed by atoms with Crippen LogP contribution in [0.3, 0.4) is 0 Å². The van der Waals surface area contributed by atoms with Gasteiger partial charge in [-0.1, -0.05) is 18.2 Å². The van der Waals surface area contributed by atoms with Crippen LogP contribution in [0, 0.1) is 13.8 Å². The van der Waals surface area contributed by atoms with Crippen molar-refractivity contribution in [1.82, 2.24) is 9.56 Å². The third-order valence-electron chi connectivity index (χ3n) is 4.68. The van der Waals surface area contributed by atoms with E-state index in [1.54, 1.807) is 44.2 Å². The van der Waals surface area contributed by atoms with Crippen LogP contribution in [0.2, 0.25) is 0 Å². The number of hydrogen-bond acceptors (Lipinski definition) is 6. The van der Waals surface area contributed by atoms with Gasteiger partial charge >= 0.3 is 0 Å². The van der Waals surface area contributed by atoms with Crippen molar-refractivity contribution in [2.24, 2.45) is 0 Å². The van der Waals surface area contributed by atoms with Crippen LogP contribution in [-0.2, 0) is 11.4 Å². The van der Waals surface area contributed by atoms with Gasteiger partial charge in [-0.2, -0.15) is 0 Å². The molecule has 0 saturated heterocycles. The molecule has 0 radical (unpaired) electrons. The minimum absolute atomic E-state index is 0.0975. The lowest BCUT2D eigenvalue weighted by Crippen LogP contribution is -2.30. The monoisotopic (exact) mass is 433 g/mol. The van der Waals surface area contributed by atoms with Gasteiger partial charge < -0.3 is 19.3 Å². The van der Waals surface area contributed by atoms with E-state index in [4.69, 9.17) is 14.0 Å². The molecule has 4 rings (SSSR count). The van der Waals surface area contributed by atoms with Crippen LogP contribution < -0.4 is 20.3 Å². The van der Waals surface area contributed by atoms with Crippen LogP contribution in [0.15, 0.2) is 70.0 Å². The zero-order chi connectivity index (χ0) is 22.7. The average molecular weight is 433 g/mol. The number of ether oxygens (including phenoxy) is 2. The number of benzene rings is 2. The first-order valence-electron chi connectivity index (χ1n) is 10.1. The molecule has 0 fully saturated rings. The number of amides is 1. The first-order valence-corrected chi connectivity index (χ1v) is 10.1. The highest BCUT2D eigenvalue weighted by Gasteiger charge is 2.15. The molecule has 164 valence electrons. The van der Waals surface area contributed by atoms with E-state index in [9.17, 15) is 9.59 Å². The highest BCUT2D eigenvalue weighted by Crippen LogP contribution is 2.20. The number of anilines is 1. The van der Waals surface area contributed by atoms with Gasteiger partial charge in [-0.25, -0.2) is 4.98 Å². The van der Waals surface area contributed by atoms with E-state index in [0.29, 0.717) is 34.3 Å². The average Bonchev–Trinajstić information content (AvgIpc) is 3.13. The van der Waals surface area contributed by atoms with Crippen molar-refractivity contribution in [3.05, 3.63) is 88.0 Å². The number of nitrogens with zero attached hydrogens (tertiary/aromatic N) is 2. The molecule has 2 aromatic heterocycles. The number of carbonyl (C=O) groups excluding carboxylic acids is 1. The SMILES string of the molecule is Cc1cccc(OC(C)C(=O)Nc2cccc(OCc3cc(=O)n4oc(C)cc4n3)c2)c1. The third kappa shape index (κ3) is 4.97. The fourth-order valence-corrected chi connectivity index (χ4v) is 3.16. The number of nitrogens with one attached hydrogen (secondary N) is 1. The van der Waals surface area contributed by atoms with E-state index in [0.717, 1.165) is 10.1 Å². The predicted octanol–water partition coefficient (Wildman–Crippen LogP) is 3.89. The molecule has 4 aromatic rings. The predicted molar refractivity (Wildman–Crippen MR) is 119 cm³/mol. The van der Waals surface area contributed by atoms with E-state index in [1.807, 2.05) is 31.2 Å². The van der Waals surface area contributed by atoms with Crippen LogP contribution >= 0.6 is 0 Å². The third-order valence-corrected chi connectivity index (χ3v) is 4.68. The number of aromatic nitrogens is 2. The molecule has 0 aliphatic carbocycles. The summed E-state index contributed by atoms with van der Waals surface area (Å²) in [6.07, 6.45) is -0.677.